The molecule has 0 amide bonds. The zero-order valence-corrected chi connectivity index (χ0v) is 15.6. The summed E-state index contributed by atoms with van der Waals surface area (Å²) in [6.45, 7) is 3.69. The molecule has 0 saturated heterocycles. The summed E-state index contributed by atoms with van der Waals surface area (Å²) < 4.78 is 1.37. The molecule has 0 atom stereocenters. The highest BCUT2D eigenvalue weighted by Crippen LogP contribution is 2.28. The maximum Gasteiger partial charge on any atom is 0.262 e. The minimum atomic E-state index is -0.489. The minimum Gasteiger partial charge on any atom is -0.494 e. The lowest BCUT2D eigenvalue weighted by atomic mass is 10.1. The summed E-state index contributed by atoms with van der Waals surface area (Å²) in [5, 5.41) is 11.4. The van der Waals surface area contributed by atoms with Gasteiger partial charge in [0.15, 0.2) is 4.77 Å². The van der Waals surface area contributed by atoms with Gasteiger partial charge in [-0.15, -0.1) is 0 Å². The van der Waals surface area contributed by atoms with Crippen LogP contribution in [0.5, 0.6) is 5.88 Å². The second-order valence-corrected chi connectivity index (χ2v) is 6.71. The first-order valence-electron chi connectivity index (χ1n) is 7.27. The van der Waals surface area contributed by atoms with Gasteiger partial charge in [-0.2, -0.15) is 0 Å². The van der Waals surface area contributed by atoms with Crippen molar-refractivity contribution >= 4 is 47.2 Å². The number of benzene rings is 1. The molecule has 3 rings (SSSR count). The van der Waals surface area contributed by atoms with Crippen LogP contribution in [0.25, 0.3) is 11.8 Å². The maximum absolute atomic E-state index is 12.3. The van der Waals surface area contributed by atoms with Crippen LogP contribution in [0.4, 0.5) is 0 Å². The zero-order chi connectivity index (χ0) is 18.3. The van der Waals surface area contributed by atoms with Crippen molar-refractivity contribution in [2.75, 3.05) is 0 Å². The molecule has 1 aromatic carbocycles. The van der Waals surface area contributed by atoms with Crippen molar-refractivity contribution in [3.8, 4) is 11.6 Å². The summed E-state index contributed by atoms with van der Waals surface area (Å²) in [7, 11) is 0. The van der Waals surface area contributed by atoms with E-state index in [4.69, 9.17) is 35.4 Å². The van der Waals surface area contributed by atoms with Crippen molar-refractivity contribution in [2.45, 2.75) is 13.8 Å². The molecule has 5 nitrogen and oxygen atoms in total. The number of hydrogen-bond donors (Lipinski definition) is 2. The van der Waals surface area contributed by atoms with Crippen LogP contribution in [-0.2, 0) is 0 Å². The van der Waals surface area contributed by atoms with Crippen LogP contribution < -0.4 is 5.56 Å². The number of aliphatic imine (C=N–C) groups is 1. The maximum atomic E-state index is 12.3. The Morgan fingerprint density at radius 1 is 1.28 bits per heavy atom. The Balaban J connectivity index is 2.25. The molecule has 25 heavy (non-hydrogen) atoms. The molecule has 0 fully saturated rings. The topological polar surface area (TPSA) is 70.4 Å². The van der Waals surface area contributed by atoms with Crippen molar-refractivity contribution < 1.29 is 5.11 Å². The van der Waals surface area contributed by atoms with E-state index in [1.807, 2.05) is 19.9 Å². The van der Waals surface area contributed by atoms with Gasteiger partial charge in [-0.1, -0.05) is 23.2 Å². The quantitative estimate of drug-likeness (QED) is 0.728. The highest BCUT2D eigenvalue weighted by Gasteiger charge is 2.16. The lowest BCUT2D eigenvalue weighted by Gasteiger charge is -2.12. The molecular formula is C17H13Cl2N3O2S. The fourth-order valence-corrected chi connectivity index (χ4v) is 3.10. The Hall–Kier alpha value is -2.15. The number of aromatic amines is 1. The van der Waals surface area contributed by atoms with Crippen LogP contribution in [-0.4, -0.2) is 20.4 Å². The summed E-state index contributed by atoms with van der Waals surface area (Å²) in [6.07, 6.45) is 3.41. The monoisotopic (exact) mass is 393 g/mol. The molecule has 1 aromatic heterocycles. The van der Waals surface area contributed by atoms with Gasteiger partial charge in [-0.05, 0) is 62.0 Å². The van der Waals surface area contributed by atoms with Crippen molar-refractivity contribution in [1.29, 1.82) is 0 Å². The van der Waals surface area contributed by atoms with Crippen LogP contribution in [0.15, 0.2) is 45.3 Å². The summed E-state index contributed by atoms with van der Waals surface area (Å²) in [6, 6.07) is 4.79. The second kappa shape index (κ2) is 6.63. The van der Waals surface area contributed by atoms with Crippen molar-refractivity contribution in [3.63, 3.8) is 0 Å². The minimum absolute atomic E-state index is 0.0478. The number of aromatic nitrogens is 2. The molecule has 2 N–H and O–H groups in total. The molecule has 0 radical (unpaired) electrons. The third-order valence-corrected chi connectivity index (χ3v) is 4.73. The summed E-state index contributed by atoms with van der Waals surface area (Å²) in [4.78, 5) is 19.2. The zero-order valence-electron chi connectivity index (χ0n) is 13.3. The van der Waals surface area contributed by atoms with Gasteiger partial charge in [0.1, 0.15) is 5.56 Å². The van der Waals surface area contributed by atoms with Gasteiger partial charge >= 0.3 is 0 Å². The van der Waals surface area contributed by atoms with Gasteiger partial charge in [-0.25, -0.2) is 0 Å². The normalized spacial score (nSPS) is 15.4. The predicted octanol–water partition coefficient (Wildman–Crippen LogP) is 4.67. The second-order valence-electron chi connectivity index (χ2n) is 5.51. The Kier molecular flexibility index (Phi) is 4.69. The van der Waals surface area contributed by atoms with E-state index in [0.717, 1.165) is 17.0 Å². The van der Waals surface area contributed by atoms with Crippen molar-refractivity contribution in [3.05, 3.63) is 66.3 Å². The Morgan fingerprint density at radius 3 is 2.60 bits per heavy atom. The first-order valence-corrected chi connectivity index (χ1v) is 8.43. The Bertz CT molecular complexity index is 1090. The highest BCUT2D eigenvalue weighted by atomic mass is 35.5. The van der Waals surface area contributed by atoms with E-state index in [-0.39, 0.29) is 16.2 Å². The van der Waals surface area contributed by atoms with E-state index in [1.54, 1.807) is 24.3 Å². The Morgan fingerprint density at radius 2 is 2.00 bits per heavy atom. The number of aromatic hydroxyl groups is 1. The summed E-state index contributed by atoms with van der Waals surface area (Å²) in [5.41, 5.74) is 2.41. The SMILES string of the molecule is CC1=C/C(=C/c2c(O)n(-c3ccc(Cl)c(Cl)c3)c(=S)[nH]c2=O)C(C)=N1. The number of nitrogens with one attached hydrogen (secondary N) is 1. The smallest absolute Gasteiger partial charge is 0.262 e. The van der Waals surface area contributed by atoms with E-state index in [2.05, 4.69) is 9.98 Å². The van der Waals surface area contributed by atoms with Gasteiger partial charge in [0.2, 0.25) is 5.88 Å². The fraction of sp³-hybridized carbons (Fsp3) is 0.118. The van der Waals surface area contributed by atoms with E-state index < -0.39 is 5.56 Å². The first-order chi connectivity index (χ1) is 11.8. The fourth-order valence-electron chi connectivity index (χ4n) is 2.52. The van der Waals surface area contributed by atoms with Crippen LogP contribution >= 0.6 is 35.4 Å². The largest absolute Gasteiger partial charge is 0.494 e. The molecule has 0 spiro atoms. The van der Waals surface area contributed by atoms with E-state index in [0.29, 0.717) is 15.7 Å². The van der Waals surface area contributed by atoms with Crippen LogP contribution in [0, 0.1) is 4.77 Å². The van der Waals surface area contributed by atoms with Crippen molar-refractivity contribution in [2.24, 2.45) is 4.99 Å². The standard InChI is InChI=1S/C17H13Cl2N3O2S/c1-8-5-10(9(2)20-8)6-12-15(23)21-17(25)22(16(12)24)11-3-4-13(18)14(19)7-11/h3-7,24H,1-2H3,(H,21,23,25)/b10-6-. The number of rotatable bonds is 2. The van der Waals surface area contributed by atoms with Gasteiger partial charge in [-0.3, -0.25) is 19.3 Å². The van der Waals surface area contributed by atoms with Crippen LogP contribution in [0.2, 0.25) is 10.0 Å². The Labute approximate surface area is 158 Å². The molecule has 0 saturated carbocycles. The van der Waals surface area contributed by atoms with Crippen LogP contribution in [0.3, 0.4) is 0 Å². The molecule has 0 unspecified atom stereocenters. The number of halogens is 2. The third kappa shape index (κ3) is 3.33. The lowest BCUT2D eigenvalue weighted by Crippen LogP contribution is -2.16. The third-order valence-electron chi connectivity index (χ3n) is 3.71. The van der Waals surface area contributed by atoms with E-state index in [1.165, 1.54) is 4.57 Å². The number of allylic oxidation sites excluding steroid dienone is 3. The summed E-state index contributed by atoms with van der Waals surface area (Å²) >= 11 is 17.2. The number of H-pyrrole nitrogens is 1. The molecule has 2 aromatic rings. The highest BCUT2D eigenvalue weighted by molar-refractivity contribution is 7.71. The average Bonchev–Trinajstić information content (AvgIpc) is 2.84. The van der Waals surface area contributed by atoms with Crippen molar-refractivity contribution in [1.82, 2.24) is 9.55 Å². The summed E-state index contributed by atoms with van der Waals surface area (Å²) in [5.74, 6) is -0.287. The molecular weight excluding hydrogens is 381 g/mol. The van der Waals surface area contributed by atoms with Gasteiger partial charge in [0.05, 0.1) is 15.7 Å². The van der Waals surface area contributed by atoms with E-state index in [9.17, 15) is 9.90 Å². The predicted molar refractivity (Wildman–Crippen MR) is 104 cm³/mol. The van der Waals surface area contributed by atoms with Crippen LogP contribution in [0.1, 0.15) is 19.4 Å². The van der Waals surface area contributed by atoms with Gasteiger partial charge in [0.25, 0.3) is 5.56 Å². The lowest BCUT2D eigenvalue weighted by molar-refractivity contribution is 0.432. The molecule has 8 heteroatoms. The van der Waals surface area contributed by atoms with Gasteiger partial charge < -0.3 is 5.11 Å². The molecule has 0 aliphatic carbocycles. The van der Waals surface area contributed by atoms with E-state index >= 15 is 0 Å². The molecule has 2 heterocycles. The first kappa shape index (κ1) is 17.7. The van der Waals surface area contributed by atoms with Gasteiger partial charge in [0, 0.05) is 11.4 Å². The average molecular weight is 394 g/mol. The number of hydrogen-bond acceptors (Lipinski definition) is 4. The number of nitrogens with zero attached hydrogens (tertiary/aromatic N) is 2. The molecule has 1 aliphatic rings. The molecule has 1 aliphatic heterocycles. The molecule has 0 bridgehead atoms. The molecule has 128 valence electrons.